The first-order chi connectivity index (χ1) is 15.4. The smallest absolute Gasteiger partial charge is 0.230 e. The number of benzene rings is 1. The molecule has 0 bridgehead atoms. The average molecular weight is 570 g/mol. The van der Waals surface area contributed by atoms with Crippen LogP contribution in [0, 0.1) is 11.3 Å². The number of amides is 2. The lowest BCUT2D eigenvalue weighted by molar-refractivity contribution is -0.138. The third-order valence-electron chi connectivity index (χ3n) is 6.67. The van der Waals surface area contributed by atoms with E-state index in [4.69, 9.17) is 4.99 Å². The average Bonchev–Trinajstić information content (AvgIpc) is 3.41. The van der Waals surface area contributed by atoms with E-state index in [1.54, 1.807) is 4.90 Å². The number of rotatable bonds is 9. The van der Waals surface area contributed by atoms with E-state index in [1.165, 1.54) is 5.56 Å². The molecule has 33 heavy (non-hydrogen) atoms. The number of nitrogens with zero attached hydrogens (tertiary/aromatic N) is 3. The normalized spacial score (nSPS) is 19.8. The van der Waals surface area contributed by atoms with Gasteiger partial charge in [0.2, 0.25) is 11.8 Å². The van der Waals surface area contributed by atoms with Gasteiger partial charge in [-0.15, -0.1) is 24.0 Å². The molecule has 184 valence electrons. The molecule has 1 heterocycles. The van der Waals surface area contributed by atoms with Gasteiger partial charge in [0, 0.05) is 52.6 Å². The minimum Gasteiger partial charge on any atom is -0.357 e. The minimum atomic E-state index is -0.372. The fourth-order valence-electron chi connectivity index (χ4n) is 4.89. The molecule has 1 atom stereocenters. The predicted octanol–water partition coefficient (Wildman–Crippen LogP) is 2.90. The van der Waals surface area contributed by atoms with Gasteiger partial charge in [-0.25, -0.2) is 0 Å². The van der Waals surface area contributed by atoms with Crippen molar-refractivity contribution in [3.63, 3.8) is 0 Å². The molecule has 7 nitrogen and oxygen atoms in total. The Labute approximate surface area is 215 Å². The van der Waals surface area contributed by atoms with E-state index in [1.807, 2.05) is 44.1 Å². The summed E-state index contributed by atoms with van der Waals surface area (Å²) in [5.74, 6) is 1.42. The molecule has 1 saturated carbocycles. The molecule has 1 aromatic carbocycles. The standard InChI is InChI=1S/C25H39N5O2.HI/c1-4-26-24(28-19-25(13-8-9-14-25)23(32)29(2)3)27-17-21-16-22(31)30(18-21)15-12-20-10-6-5-7-11-20;/h5-7,10-11,21H,4,8-9,12-19H2,1-3H3,(H2,26,27,28);1H. The van der Waals surface area contributed by atoms with Crippen molar-refractivity contribution in [1.29, 1.82) is 0 Å². The van der Waals surface area contributed by atoms with Crippen LogP contribution in [0.25, 0.3) is 0 Å². The molecule has 3 rings (SSSR count). The number of guanidine groups is 1. The van der Waals surface area contributed by atoms with Crippen molar-refractivity contribution < 1.29 is 9.59 Å². The Hall–Kier alpha value is -1.84. The fourth-order valence-corrected chi connectivity index (χ4v) is 4.89. The summed E-state index contributed by atoms with van der Waals surface area (Å²) in [5.41, 5.74) is 0.889. The van der Waals surface area contributed by atoms with Gasteiger partial charge < -0.3 is 20.4 Å². The zero-order valence-corrected chi connectivity index (χ0v) is 22.6. The van der Waals surface area contributed by atoms with Crippen LogP contribution in [0.1, 0.15) is 44.6 Å². The summed E-state index contributed by atoms with van der Waals surface area (Å²) in [6.45, 7) is 5.55. The Morgan fingerprint density at radius 3 is 2.52 bits per heavy atom. The predicted molar refractivity (Wildman–Crippen MR) is 144 cm³/mol. The van der Waals surface area contributed by atoms with Gasteiger partial charge in [-0.2, -0.15) is 0 Å². The topological polar surface area (TPSA) is 77.0 Å². The molecular formula is C25H40IN5O2. The molecule has 2 fully saturated rings. The van der Waals surface area contributed by atoms with Crippen LogP contribution in [0.4, 0.5) is 0 Å². The third kappa shape index (κ3) is 7.58. The molecule has 1 unspecified atom stereocenters. The van der Waals surface area contributed by atoms with Crippen LogP contribution in [-0.4, -0.2) is 74.4 Å². The number of aliphatic imine (C=N–C) groups is 1. The van der Waals surface area contributed by atoms with Gasteiger partial charge in [-0.05, 0) is 31.7 Å². The van der Waals surface area contributed by atoms with Crippen molar-refractivity contribution in [2.75, 3.05) is 46.8 Å². The maximum Gasteiger partial charge on any atom is 0.230 e. The molecule has 1 aromatic rings. The fraction of sp³-hybridized carbons (Fsp3) is 0.640. The van der Waals surface area contributed by atoms with E-state index in [9.17, 15) is 9.59 Å². The molecule has 2 amide bonds. The monoisotopic (exact) mass is 569 g/mol. The van der Waals surface area contributed by atoms with Crippen LogP contribution in [-0.2, 0) is 16.0 Å². The quantitative estimate of drug-likeness (QED) is 0.273. The first kappa shape index (κ1) is 27.4. The van der Waals surface area contributed by atoms with Crippen molar-refractivity contribution in [2.24, 2.45) is 16.3 Å². The largest absolute Gasteiger partial charge is 0.357 e. The van der Waals surface area contributed by atoms with Gasteiger partial charge in [0.25, 0.3) is 0 Å². The number of nitrogens with one attached hydrogen (secondary N) is 2. The van der Waals surface area contributed by atoms with Crippen LogP contribution in [0.2, 0.25) is 0 Å². The number of carbonyl (C=O) groups is 2. The molecule has 1 aliphatic carbocycles. The highest BCUT2D eigenvalue weighted by Gasteiger charge is 2.42. The maximum atomic E-state index is 12.8. The molecule has 2 aliphatic rings. The van der Waals surface area contributed by atoms with Gasteiger partial charge in [-0.1, -0.05) is 43.2 Å². The summed E-state index contributed by atoms with van der Waals surface area (Å²) in [5, 5.41) is 6.72. The highest BCUT2D eigenvalue weighted by molar-refractivity contribution is 14.0. The Kier molecular flexibility index (Phi) is 10.9. The van der Waals surface area contributed by atoms with E-state index in [2.05, 4.69) is 22.8 Å². The zero-order valence-electron chi connectivity index (χ0n) is 20.3. The number of halogens is 1. The highest BCUT2D eigenvalue weighted by atomic mass is 127. The number of carbonyl (C=O) groups excluding carboxylic acids is 2. The summed E-state index contributed by atoms with van der Waals surface area (Å²) in [6, 6.07) is 10.3. The zero-order chi connectivity index (χ0) is 23.0. The SMILES string of the molecule is CCNC(=NCC1(C(=O)N(C)C)CCCC1)NCC1CC(=O)N(CCc2ccccc2)C1.I. The molecule has 0 radical (unpaired) electrons. The molecule has 0 aromatic heterocycles. The molecule has 2 N–H and O–H groups in total. The van der Waals surface area contributed by atoms with Crippen molar-refractivity contribution >= 4 is 41.8 Å². The number of hydrogen-bond donors (Lipinski definition) is 2. The first-order valence-electron chi connectivity index (χ1n) is 12.0. The number of hydrogen-bond acceptors (Lipinski definition) is 3. The molecule has 0 spiro atoms. The lowest BCUT2D eigenvalue weighted by Crippen LogP contribution is -2.44. The van der Waals surface area contributed by atoms with E-state index >= 15 is 0 Å². The van der Waals surface area contributed by atoms with Crippen LogP contribution in [0.3, 0.4) is 0 Å². The van der Waals surface area contributed by atoms with Crippen LogP contribution in [0.5, 0.6) is 0 Å². The van der Waals surface area contributed by atoms with Crippen molar-refractivity contribution in [3.05, 3.63) is 35.9 Å². The van der Waals surface area contributed by atoms with Crippen LogP contribution in [0.15, 0.2) is 35.3 Å². The Morgan fingerprint density at radius 1 is 1.18 bits per heavy atom. The van der Waals surface area contributed by atoms with Crippen molar-refractivity contribution in [1.82, 2.24) is 20.4 Å². The van der Waals surface area contributed by atoms with Crippen molar-refractivity contribution in [3.8, 4) is 0 Å². The molecular weight excluding hydrogens is 529 g/mol. The summed E-state index contributed by atoms with van der Waals surface area (Å²) in [6.07, 6.45) is 5.44. The lowest BCUT2D eigenvalue weighted by Gasteiger charge is -2.29. The summed E-state index contributed by atoms with van der Waals surface area (Å²) in [7, 11) is 3.66. The summed E-state index contributed by atoms with van der Waals surface area (Å²) >= 11 is 0. The second-order valence-corrected chi connectivity index (χ2v) is 9.41. The maximum absolute atomic E-state index is 12.8. The Bertz CT molecular complexity index is 793. The van der Waals surface area contributed by atoms with Crippen LogP contribution < -0.4 is 10.6 Å². The minimum absolute atomic E-state index is 0. The van der Waals surface area contributed by atoms with E-state index in [-0.39, 0.29) is 47.1 Å². The Morgan fingerprint density at radius 2 is 1.88 bits per heavy atom. The first-order valence-corrected chi connectivity index (χ1v) is 12.0. The van der Waals surface area contributed by atoms with E-state index in [0.29, 0.717) is 19.5 Å². The van der Waals surface area contributed by atoms with Gasteiger partial charge in [0.15, 0.2) is 5.96 Å². The van der Waals surface area contributed by atoms with Gasteiger partial charge in [0.05, 0.1) is 12.0 Å². The Balaban J connectivity index is 0.00000385. The third-order valence-corrected chi connectivity index (χ3v) is 6.67. The molecule has 8 heteroatoms. The summed E-state index contributed by atoms with van der Waals surface area (Å²) < 4.78 is 0. The van der Waals surface area contributed by atoms with Crippen molar-refractivity contribution in [2.45, 2.75) is 45.4 Å². The van der Waals surface area contributed by atoms with Gasteiger partial charge >= 0.3 is 0 Å². The second kappa shape index (κ2) is 13.2. The molecule has 1 saturated heterocycles. The second-order valence-electron chi connectivity index (χ2n) is 9.41. The highest BCUT2D eigenvalue weighted by Crippen LogP contribution is 2.39. The van der Waals surface area contributed by atoms with E-state index in [0.717, 1.165) is 57.7 Å². The van der Waals surface area contributed by atoms with Gasteiger partial charge in [-0.3, -0.25) is 14.6 Å². The lowest BCUT2D eigenvalue weighted by atomic mass is 9.85. The van der Waals surface area contributed by atoms with Gasteiger partial charge in [0.1, 0.15) is 0 Å². The van der Waals surface area contributed by atoms with Crippen LogP contribution >= 0.6 is 24.0 Å². The van der Waals surface area contributed by atoms with E-state index < -0.39 is 0 Å². The molecule has 1 aliphatic heterocycles. The number of likely N-dealkylation sites (tertiary alicyclic amines) is 1. The summed E-state index contributed by atoms with van der Waals surface area (Å²) in [4.78, 5) is 33.8.